The van der Waals surface area contributed by atoms with Crippen molar-refractivity contribution in [3.8, 4) is 5.75 Å². The Morgan fingerprint density at radius 3 is 2.49 bits per heavy atom. The minimum absolute atomic E-state index is 0.0725. The van der Waals surface area contributed by atoms with Crippen molar-refractivity contribution in [2.75, 3.05) is 37.0 Å². The predicted molar refractivity (Wildman–Crippen MR) is 194 cm³/mol. The molecule has 9 nitrogen and oxygen atoms in total. The maximum Gasteiger partial charge on any atom is 0.261 e. The van der Waals surface area contributed by atoms with E-state index in [0.717, 1.165) is 48.2 Å². The van der Waals surface area contributed by atoms with Gasteiger partial charge in [0.05, 0.1) is 34.3 Å². The summed E-state index contributed by atoms with van der Waals surface area (Å²) < 4.78 is 12.5. The summed E-state index contributed by atoms with van der Waals surface area (Å²) in [5.41, 5.74) is 1.71. The number of aliphatic hydroxyl groups excluding tert-OH is 1. The highest BCUT2D eigenvalue weighted by Gasteiger charge is 2.65. The van der Waals surface area contributed by atoms with Crippen LogP contribution in [0.1, 0.15) is 56.6 Å². The molecule has 0 aliphatic carbocycles. The average Bonchev–Trinajstić information content (AvgIpc) is 3.55. The minimum atomic E-state index is -2.46. The molecule has 2 saturated heterocycles. The number of nitrogens with one attached hydrogen (secondary N) is 1. The van der Waals surface area contributed by atoms with Gasteiger partial charge in [-0.05, 0) is 54.3 Å². The summed E-state index contributed by atoms with van der Waals surface area (Å²) in [4.78, 5) is 45.3. The average molecular weight is 684 g/mol. The molecule has 2 N–H and O–H groups in total. The van der Waals surface area contributed by atoms with Crippen molar-refractivity contribution in [2.24, 2.45) is 5.92 Å². The molecule has 0 saturated carbocycles. The van der Waals surface area contributed by atoms with Crippen LogP contribution >= 0.6 is 0 Å². The van der Waals surface area contributed by atoms with Gasteiger partial charge in [0.2, 0.25) is 11.8 Å². The van der Waals surface area contributed by atoms with Crippen molar-refractivity contribution in [1.82, 2.24) is 4.90 Å². The van der Waals surface area contributed by atoms with Gasteiger partial charge in [0.15, 0.2) is 5.60 Å². The zero-order valence-electron chi connectivity index (χ0n) is 29.1. The van der Waals surface area contributed by atoms with Gasteiger partial charge >= 0.3 is 0 Å². The van der Waals surface area contributed by atoms with Crippen LogP contribution < -0.4 is 20.1 Å². The molecule has 3 heterocycles. The largest absolute Gasteiger partial charge is 0.497 e. The number of hydrogen-bond donors (Lipinski definition) is 2. The molecule has 0 aromatic heterocycles. The van der Waals surface area contributed by atoms with E-state index in [-0.39, 0.29) is 48.8 Å². The third-order valence-corrected chi connectivity index (χ3v) is 15.4. The summed E-state index contributed by atoms with van der Waals surface area (Å²) >= 11 is 0. The fraction of sp³-hybridized carbons (Fsp3) is 0.462. The van der Waals surface area contributed by atoms with E-state index in [1.807, 2.05) is 65.6 Å². The van der Waals surface area contributed by atoms with Crippen LogP contribution in [0.5, 0.6) is 5.75 Å². The topological polar surface area (TPSA) is 108 Å². The van der Waals surface area contributed by atoms with Crippen molar-refractivity contribution in [2.45, 2.75) is 82.3 Å². The smallest absolute Gasteiger partial charge is 0.261 e. The van der Waals surface area contributed by atoms with Crippen LogP contribution in [0.4, 0.5) is 11.4 Å². The van der Waals surface area contributed by atoms with Crippen molar-refractivity contribution >= 4 is 42.4 Å². The highest BCUT2D eigenvalue weighted by atomic mass is 28.3. The normalized spacial score (nSPS) is 23.9. The molecule has 10 heteroatoms. The molecule has 4 atom stereocenters. The third-order valence-electron chi connectivity index (χ3n) is 11.0. The summed E-state index contributed by atoms with van der Waals surface area (Å²) in [6.07, 6.45) is 3.97. The maximum atomic E-state index is 14.3. The van der Waals surface area contributed by atoms with Gasteiger partial charge in [-0.1, -0.05) is 80.5 Å². The van der Waals surface area contributed by atoms with E-state index in [2.05, 4.69) is 37.5 Å². The molecule has 3 aliphatic rings. The highest BCUT2D eigenvalue weighted by molar-refractivity contribution is 6.91. The fourth-order valence-corrected chi connectivity index (χ4v) is 12.4. The number of carbonyl (C=O) groups excluding carboxylic acids is 3. The molecule has 3 aromatic rings. The number of fused-ring (bicyclic) bond motifs is 2. The van der Waals surface area contributed by atoms with Gasteiger partial charge in [0.25, 0.3) is 5.91 Å². The van der Waals surface area contributed by atoms with Crippen molar-refractivity contribution in [3.05, 3.63) is 83.9 Å². The molecule has 3 amide bonds. The molecule has 3 aliphatic heterocycles. The highest BCUT2D eigenvalue weighted by Crippen LogP contribution is 2.59. The summed E-state index contributed by atoms with van der Waals surface area (Å²) in [6.45, 7) is 7.71. The number of anilines is 2. The first-order valence-electron chi connectivity index (χ1n) is 17.6. The summed E-state index contributed by atoms with van der Waals surface area (Å²) in [5, 5.41) is 14.2. The second-order valence-electron chi connectivity index (χ2n) is 14.3. The molecule has 0 bridgehead atoms. The molecule has 260 valence electrons. The van der Waals surface area contributed by atoms with Crippen LogP contribution in [-0.4, -0.2) is 68.7 Å². The lowest BCUT2D eigenvalue weighted by Gasteiger charge is -2.37. The minimum Gasteiger partial charge on any atom is -0.497 e. The molecule has 6 rings (SSSR count). The van der Waals surface area contributed by atoms with E-state index in [1.165, 1.54) is 5.19 Å². The zero-order valence-corrected chi connectivity index (χ0v) is 30.1. The van der Waals surface area contributed by atoms with Crippen LogP contribution in [0.3, 0.4) is 0 Å². The van der Waals surface area contributed by atoms with E-state index >= 15 is 0 Å². The number of nitrogens with zero attached hydrogens (tertiary/aromatic N) is 2. The lowest BCUT2D eigenvalue weighted by molar-refractivity contribution is -0.148. The Morgan fingerprint density at radius 2 is 1.78 bits per heavy atom. The first-order valence-corrected chi connectivity index (χ1v) is 20.7. The molecular weight excluding hydrogens is 635 g/mol. The Kier molecular flexibility index (Phi) is 10.3. The fourth-order valence-electron chi connectivity index (χ4n) is 8.44. The number of carbonyl (C=O) groups is 3. The van der Waals surface area contributed by atoms with Crippen LogP contribution in [-0.2, 0) is 31.3 Å². The maximum absolute atomic E-state index is 14.3. The quantitative estimate of drug-likeness (QED) is 0.271. The second kappa shape index (κ2) is 14.5. The molecule has 0 unspecified atom stereocenters. The van der Waals surface area contributed by atoms with Crippen LogP contribution in [0.15, 0.2) is 72.8 Å². The lowest BCUT2D eigenvalue weighted by atomic mass is 9.82. The van der Waals surface area contributed by atoms with Crippen LogP contribution in [0, 0.1) is 5.92 Å². The predicted octanol–water partition coefficient (Wildman–Crippen LogP) is 5.57. The van der Waals surface area contributed by atoms with Gasteiger partial charge in [-0.25, -0.2) is 0 Å². The van der Waals surface area contributed by atoms with Crippen LogP contribution in [0.25, 0.3) is 0 Å². The Balaban J connectivity index is 1.40. The van der Waals surface area contributed by atoms with Crippen molar-refractivity contribution in [1.29, 1.82) is 0 Å². The number of aliphatic hydroxyl groups is 1. The molecule has 2 fully saturated rings. The summed E-state index contributed by atoms with van der Waals surface area (Å²) in [5.74, 6) is 0.220. The van der Waals surface area contributed by atoms with Gasteiger partial charge < -0.3 is 29.7 Å². The molecular formula is C39H49N3O6Si. The molecule has 49 heavy (non-hydrogen) atoms. The van der Waals surface area contributed by atoms with E-state index < -0.39 is 19.8 Å². The molecule has 1 spiro atoms. The zero-order chi connectivity index (χ0) is 34.8. The Labute approximate surface area is 290 Å². The van der Waals surface area contributed by atoms with Gasteiger partial charge in [-0.2, -0.15) is 0 Å². The number of hydrogen-bond acceptors (Lipinski definition) is 6. The Bertz CT molecular complexity index is 1660. The SMILES string of the molecule is COc1ccc([Si](C)(C)[C@H]2[C@H](CC(=O)N(CCO)Cc3ccccc3)O[C@@]3(C(=O)Nc4ccc(N5CCCCCCC5=O)cc43)[C@@H]2C)cc1. The molecule has 0 radical (unpaired) electrons. The Hall–Kier alpha value is -3.99. The first-order chi connectivity index (χ1) is 23.6. The number of amides is 3. The number of ether oxygens (including phenoxy) is 2. The van der Waals surface area contributed by atoms with Crippen molar-refractivity contribution < 1.29 is 29.0 Å². The van der Waals surface area contributed by atoms with E-state index in [4.69, 9.17) is 9.47 Å². The Morgan fingerprint density at radius 1 is 1.04 bits per heavy atom. The van der Waals surface area contributed by atoms with Gasteiger partial charge in [-0.15, -0.1) is 0 Å². The van der Waals surface area contributed by atoms with Crippen molar-refractivity contribution in [3.63, 3.8) is 0 Å². The van der Waals surface area contributed by atoms with Gasteiger partial charge in [0, 0.05) is 48.9 Å². The van der Waals surface area contributed by atoms with E-state index in [1.54, 1.807) is 12.0 Å². The number of benzene rings is 3. The standard InChI is InChI=1S/C39H49N3O6Si/c1-27-37(49(3,4)31-18-16-30(47-2)17-19-31)34(25-36(45)41(22-23-43)26-28-12-8-7-9-13-28)48-39(27)32-24-29(15-20-33(32)40-38(39)46)42-21-11-6-5-10-14-35(42)44/h7-9,12-13,15-20,24,27,34,37,43H,5-6,10-11,14,21-23,25-26H2,1-4H3,(H,40,46)/t27-,34+,37-,39+/m1/s1. The number of methoxy groups -OCH3 is 1. The van der Waals surface area contributed by atoms with E-state index in [9.17, 15) is 19.5 Å². The van der Waals surface area contributed by atoms with Gasteiger partial charge in [-0.3, -0.25) is 14.4 Å². The van der Waals surface area contributed by atoms with E-state index in [0.29, 0.717) is 25.2 Å². The molecule has 3 aromatic carbocycles. The third kappa shape index (κ3) is 6.66. The lowest BCUT2D eigenvalue weighted by Crippen LogP contribution is -2.52. The summed E-state index contributed by atoms with van der Waals surface area (Å²) in [7, 11) is -0.814. The number of rotatable bonds is 10. The van der Waals surface area contributed by atoms with Gasteiger partial charge in [0.1, 0.15) is 5.75 Å². The summed E-state index contributed by atoms with van der Waals surface area (Å²) in [6, 6.07) is 23.7. The first kappa shape index (κ1) is 34.9. The van der Waals surface area contributed by atoms with Crippen LogP contribution in [0.2, 0.25) is 18.6 Å². The second-order valence-corrected chi connectivity index (χ2v) is 19.0. The monoisotopic (exact) mass is 683 g/mol.